The number of rotatable bonds is 4. The minimum atomic E-state index is -0.489. The highest BCUT2D eigenvalue weighted by Crippen LogP contribution is 2.32. The number of anilines is 1. The molecule has 1 amide bonds. The quantitative estimate of drug-likeness (QED) is 0.442. The molecule has 0 unspecified atom stereocenters. The van der Waals surface area contributed by atoms with Crippen LogP contribution >= 0.6 is 11.6 Å². The summed E-state index contributed by atoms with van der Waals surface area (Å²) in [5.41, 5.74) is 5.69. The van der Waals surface area contributed by atoms with Gasteiger partial charge in [0.15, 0.2) is 0 Å². The smallest absolute Gasteiger partial charge is 0.248 e. The van der Waals surface area contributed by atoms with Crippen molar-refractivity contribution in [2.24, 2.45) is 0 Å². The standard InChI is InChI=1S/C24H22ClN3O/c1-15-9-11-21(16(2)13-15)26-24(29)17(3)28-22-12-10-19(25)14-20(22)23(27-28)18-7-5-4-6-8-18/h4-14,17H,1-3H3,(H,26,29)/t17-/m0/s1. The number of amides is 1. The number of carbonyl (C=O) groups is 1. The molecule has 5 heteroatoms. The molecule has 1 atom stereocenters. The Kier molecular flexibility index (Phi) is 5.12. The Bertz CT molecular complexity index is 1200. The highest BCUT2D eigenvalue weighted by atomic mass is 35.5. The summed E-state index contributed by atoms with van der Waals surface area (Å²) in [5.74, 6) is -0.115. The Morgan fingerprint density at radius 3 is 2.52 bits per heavy atom. The van der Waals surface area contributed by atoms with Gasteiger partial charge in [0.05, 0.1) is 5.52 Å². The van der Waals surface area contributed by atoms with E-state index in [2.05, 4.69) is 11.4 Å². The van der Waals surface area contributed by atoms with Crippen molar-refractivity contribution >= 4 is 34.1 Å². The summed E-state index contributed by atoms with van der Waals surface area (Å²) in [7, 11) is 0. The Balaban J connectivity index is 1.74. The van der Waals surface area contributed by atoms with E-state index in [1.165, 1.54) is 0 Å². The van der Waals surface area contributed by atoms with E-state index in [9.17, 15) is 4.79 Å². The van der Waals surface area contributed by atoms with Gasteiger partial charge in [-0.1, -0.05) is 59.6 Å². The second-order valence-electron chi connectivity index (χ2n) is 7.30. The lowest BCUT2D eigenvalue weighted by Crippen LogP contribution is -2.24. The average Bonchev–Trinajstić information content (AvgIpc) is 3.08. The van der Waals surface area contributed by atoms with E-state index in [1.54, 1.807) is 4.68 Å². The van der Waals surface area contributed by atoms with Crippen LogP contribution in [-0.2, 0) is 4.79 Å². The summed E-state index contributed by atoms with van der Waals surface area (Å²) in [4.78, 5) is 13.0. The van der Waals surface area contributed by atoms with Crippen molar-refractivity contribution in [3.8, 4) is 11.3 Å². The van der Waals surface area contributed by atoms with E-state index < -0.39 is 6.04 Å². The lowest BCUT2D eigenvalue weighted by Gasteiger charge is -2.15. The highest BCUT2D eigenvalue weighted by Gasteiger charge is 2.22. The molecule has 0 bridgehead atoms. The highest BCUT2D eigenvalue weighted by molar-refractivity contribution is 6.31. The number of carbonyl (C=O) groups excluding carboxylic acids is 1. The molecule has 0 aliphatic heterocycles. The minimum Gasteiger partial charge on any atom is -0.324 e. The summed E-state index contributed by atoms with van der Waals surface area (Å²) >= 11 is 6.25. The van der Waals surface area contributed by atoms with Gasteiger partial charge >= 0.3 is 0 Å². The van der Waals surface area contributed by atoms with Gasteiger partial charge in [0.25, 0.3) is 0 Å². The van der Waals surface area contributed by atoms with Crippen molar-refractivity contribution in [3.05, 3.63) is 82.9 Å². The topological polar surface area (TPSA) is 46.9 Å². The molecule has 1 heterocycles. The van der Waals surface area contributed by atoms with Crippen LogP contribution in [0.4, 0.5) is 5.69 Å². The lowest BCUT2D eigenvalue weighted by atomic mass is 10.1. The Labute approximate surface area is 175 Å². The second kappa shape index (κ2) is 7.72. The normalized spacial score (nSPS) is 12.1. The van der Waals surface area contributed by atoms with Crippen molar-refractivity contribution in [2.75, 3.05) is 5.32 Å². The van der Waals surface area contributed by atoms with Gasteiger partial charge in [-0.05, 0) is 50.6 Å². The molecule has 0 saturated carbocycles. The molecule has 29 heavy (non-hydrogen) atoms. The second-order valence-corrected chi connectivity index (χ2v) is 7.74. The average molecular weight is 404 g/mol. The SMILES string of the molecule is Cc1ccc(NC(=O)[C@H](C)n2nc(-c3ccccc3)c3cc(Cl)ccc32)c(C)c1. The fourth-order valence-corrected chi connectivity index (χ4v) is 3.69. The van der Waals surface area contributed by atoms with Crippen LogP contribution in [0.25, 0.3) is 22.2 Å². The fraction of sp³-hybridized carbons (Fsp3) is 0.167. The number of benzene rings is 3. The predicted octanol–water partition coefficient (Wildman–Crippen LogP) is 6.17. The van der Waals surface area contributed by atoms with Gasteiger partial charge in [-0.3, -0.25) is 9.48 Å². The lowest BCUT2D eigenvalue weighted by molar-refractivity contribution is -0.118. The molecule has 0 fully saturated rings. The third-order valence-corrected chi connectivity index (χ3v) is 5.34. The molecule has 4 rings (SSSR count). The van der Waals surface area contributed by atoms with E-state index in [0.29, 0.717) is 5.02 Å². The van der Waals surface area contributed by atoms with Crippen molar-refractivity contribution in [3.63, 3.8) is 0 Å². The maximum Gasteiger partial charge on any atom is 0.248 e. The molecule has 4 nitrogen and oxygen atoms in total. The van der Waals surface area contributed by atoms with Crippen molar-refractivity contribution in [1.29, 1.82) is 0 Å². The van der Waals surface area contributed by atoms with Crippen LogP contribution in [0.3, 0.4) is 0 Å². The third-order valence-electron chi connectivity index (χ3n) is 5.10. The van der Waals surface area contributed by atoms with Crippen molar-refractivity contribution in [1.82, 2.24) is 9.78 Å². The molecule has 0 radical (unpaired) electrons. The zero-order chi connectivity index (χ0) is 20.5. The van der Waals surface area contributed by atoms with Gasteiger partial charge in [-0.25, -0.2) is 0 Å². The van der Waals surface area contributed by atoms with Crippen LogP contribution in [0.1, 0.15) is 24.1 Å². The van der Waals surface area contributed by atoms with Crippen LogP contribution in [0.5, 0.6) is 0 Å². The Morgan fingerprint density at radius 2 is 1.79 bits per heavy atom. The molecule has 0 aliphatic rings. The third kappa shape index (κ3) is 3.76. The molecule has 1 N–H and O–H groups in total. The zero-order valence-electron chi connectivity index (χ0n) is 16.6. The molecule has 4 aromatic rings. The first kappa shape index (κ1) is 19.2. The number of aromatic nitrogens is 2. The summed E-state index contributed by atoms with van der Waals surface area (Å²) in [6.07, 6.45) is 0. The van der Waals surface area contributed by atoms with E-state index in [1.807, 2.05) is 81.4 Å². The maximum absolute atomic E-state index is 13.0. The van der Waals surface area contributed by atoms with E-state index in [-0.39, 0.29) is 5.91 Å². The van der Waals surface area contributed by atoms with Crippen LogP contribution in [0.2, 0.25) is 5.02 Å². The van der Waals surface area contributed by atoms with Crippen LogP contribution in [0, 0.1) is 13.8 Å². The molecular weight excluding hydrogens is 382 g/mol. The first-order chi connectivity index (χ1) is 13.9. The van der Waals surface area contributed by atoms with Gasteiger partial charge < -0.3 is 5.32 Å². The van der Waals surface area contributed by atoms with Gasteiger partial charge in [0.2, 0.25) is 5.91 Å². The van der Waals surface area contributed by atoms with Crippen LogP contribution in [0.15, 0.2) is 66.7 Å². The Morgan fingerprint density at radius 1 is 1.03 bits per heavy atom. The van der Waals surface area contributed by atoms with Gasteiger partial charge in [-0.2, -0.15) is 5.10 Å². The number of nitrogens with zero attached hydrogens (tertiary/aromatic N) is 2. The first-order valence-electron chi connectivity index (χ1n) is 9.55. The minimum absolute atomic E-state index is 0.115. The van der Waals surface area contributed by atoms with Crippen molar-refractivity contribution in [2.45, 2.75) is 26.8 Å². The maximum atomic E-state index is 13.0. The summed E-state index contributed by atoms with van der Waals surface area (Å²) < 4.78 is 1.77. The molecule has 3 aromatic carbocycles. The van der Waals surface area contributed by atoms with Crippen molar-refractivity contribution < 1.29 is 4.79 Å². The Hall–Kier alpha value is -3.11. The number of hydrogen-bond donors (Lipinski definition) is 1. The molecule has 0 spiro atoms. The molecular formula is C24H22ClN3O. The molecule has 0 aliphatic carbocycles. The van der Waals surface area contributed by atoms with Crippen LogP contribution in [-0.4, -0.2) is 15.7 Å². The summed E-state index contributed by atoms with van der Waals surface area (Å²) in [6.45, 7) is 5.88. The largest absolute Gasteiger partial charge is 0.324 e. The van der Waals surface area contributed by atoms with E-state index in [4.69, 9.17) is 16.7 Å². The fourth-order valence-electron chi connectivity index (χ4n) is 3.52. The number of hydrogen-bond acceptors (Lipinski definition) is 2. The zero-order valence-corrected chi connectivity index (χ0v) is 17.4. The summed E-state index contributed by atoms with van der Waals surface area (Å²) in [6, 6.07) is 21.1. The molecule has 1 aromatic heterocycles. The first-order valence-corrected chi connectivity index (χ1v) is 9.93. The molecule has 0 saturated heterocycles. The van der Waals surface area contributed by atoms with Gasteiger partial charge in [-0.15, -0.1) is 0 Å². The van der Waals surface area contributed by atoms with E-state index >= 15 is 0 Å². The van der Waals surface area contributed by atoms with Gasteiger partial charge in [0.1, 0.15) is 11.7 Å². The predicted molar refractivity (Wildman–Crippen MR) is 119 cm³/mol. The monoisotopic (exact) mass is 403 g/mol. The number of halogens is 1. The number of nitrogens with one attached hydrogen (secondary N) is 1. The molecule has 146 valence electrons. The van der Waals surface area contributed by atoms with E-state index in [0.717, 1.165) is 39.0 Å². The number of aryl methyl sites for hydroxylation is 2. The number of fused-ring (bicyclic) bond motifs is 1. The van der Waals surface area contributed by atoms with Crippen LogP contribution < -0.4 is 5.32 Å². The van der Waals surface area contributed by atoms with Gasteiger partial charge in [0, 0.05) is 21.7 Å². The summed E-state index contributed by atoms with van der Waals surface area (Å²) in [5, 5.41) is 9.40.